The number of hydrogen-bond acceptors (Lipinski definition) is 6. The first-order chi connectivity index (χ1) is 13.6. The molecule has 3 rings (SSSR count). The third-order valence-electron chi connectivity index (χ3n) is 4.95. The van der Waals surface area contributed by atoms with Crippen LogP contribution in [0, 0.1) is 10.1 Å². The van der Waals surface area contributed by atoms with Crippen molar-refractivity contribution in [1.29, 1.82) is 0 Å². The van der Waals surface area contributed by atoms with Crippen LogP contribution in [0.15, 0.2) is 42.5 Å². The van der Waals surface area contributed by atoms with E-state index in [2.05, 4.69) is 21.9 Å². The second kappa shape index (κ2) is 9.52. The second-order valence-electron chi connectivity index (χ2n) is 6.89. The molecule has 2 aromatic carbocycles. The molecule has 0 amide bonds. The summed E-state index contributed by atoms with van der Waals surface area (Å²) in [4.78, 5) is 15.2. The standard InChI is InChI=1S/C21H27N3O4/c1-3-28-21-14-18(6-9-20(21)27-2)16-23-12-10-22(11-13-23)15-17-4-7-19(8-5-17)24(25)26/h4-9,14H,3,10-13,15-16H2,1-2H3. The van der Waals surface area contributed by atoms with Crippen molar-refractivity contribution in [3.8, 4) is 11.5 Å². The predicted molar refractivity (Wildman–Crippen MR) is 108 cm³/mol. The van der Waals surface area contributed by atoms with Gasteiger partial charge >= 0.3 is 0 Å². The Morgan fingerprint density at radius 2 is 1.50 bits per heavy atom. The summed E-state index contributed by atoms with van der Waals surface area (Å²) in [5.74, 6) is 1.55. The Bertz CT molecular complexity index is 787. The van der Waals surface area contributed by atoms with Crippen LogP contribution >= 0.6 is 0 Å². The molecule has 0 N–H and O–H groups in total. The fourth-order valence-electron chi connectivity index (χ4n) is 3.43. The average Bonchev–Trinajstić information content (AvgIpc) is 2.70. The number of ether oxygens (including phenoxy) is 2. The number of nitrogens with zero attached hydrogens (tertiary/aromatic N) is 3. The van der Waals surface area contributed by atoms with Crippen molar-refractivity contribution in [2.24, 2.45) is 0 Å². The largest absolute Gasteiger partial charge is 0.493 e. The van der Waals surface area contributed by atoms with Crippen LogP contribution in [0.1, 0.15) is 18.1 Å². The highest BCUT2D eigenvalue weighted by atomic mass is 16.6. The Morgan fingerprint density at radius 1 is 0.929 bits per heavy atom. The lowest BCUT2D eigenvalue weighted by atomic mass is 10.1. The Hall–Kier alpha value is -2.64. The zero-order valence-electron chi connectivity index (χ0n) is 16.5. The van der Waals surface area contributed by atoms with Crippen molar-refractivity contribution >= 4 is 5.69 Å². The van der Waals surface area contributed by atoms with Crippen molar-refractivity contribution in [3.05, 3.63) is 63.7 Å². The molecule has 28 heavy (non-hydrogen) atoms. The lowest BCUT2D eigenvalue weighted by molar-refractivity contribution is -0.384. The molecular weight excluding hydrogens is 358 g/mol. The van der Waals surface area contributed by atoms with Gasteiger partial charge in [0.25, 0.3) is 5.69 Å². The Morgan fingerprint density at radius 3 is 2.04 bits per heavy atom. The monoisotopic (exact) mass is 385 g/mol. The van der Waals surface area contributed by atoms with E-state index in [9.17, 15) is 10.1 Å². The number of non-ortho nitro benzene ring substituents is 1. The van der Waals surface area contributed by atoms with Gasteiger partial charge in [-0.2, -0.15) is 0 Å². The number of piperazine rings is 1. The van der Waals surface area contributed by atoms with Crippen molar-refractivity contribution in [3.63, 3.8) is 0 Å². The van der Waals surface area contributed by atoms with Gasteiger partial charge in [0, 0.05) is 51.4 Å². The normalized spacial score (nSPS) is 15.4. The molecule has 7 heteroatoms. The average molecular weight is 385 g/mol. The summed E-state index contributed by atoms with van der Waals surface area (Å²) < 4.78 is 11.0. The number of rotatable bonds is 8. The van der Waals surface area contributed by atoms with Crippen LogP contribution in [-0.2, 0) is 13.1 Å². The minimum absolute atomic E-state index is 0.138. The Labute approximate surface area is 165 Å². The molecule has 7 nitrogen and oxygen atoms in total. The maximum absolute atomic E-state index is 10.8. The molecule has 0 saturated carbocycles. The van der Waals surface area contributed by atoms with Crippen LogP contribution in [0.4, 0.5) is 5.69 Å². The van der Waals surface area contributed by atoms with Gasteiger partial charge in [-0.1, -0.05) is 18.2 Å². The van der Waals surface area contributed by atoms with Gasteiger partial charge in [-0.3, -0.25) is 19.9 Å². The van der Waals surface area contributed by atoms with E-state index >= 15 is 0 Å². The highest BCUT2D eigenvalue weighted by Gasteiger charge is 2.18. The SMILES string of the molecule is CCOc1cc(CN2CCN(Cc3ccc([N+](=O)[O-])cc3)CC2)ccc1OC. The molecule has 1 fully saturated rings. The van der Waals surface area contributed by atoms with E-state index < -0.39 is 0 Å². The molecule has 0 atom stereocenters. The van der Waals surface area contributed by atoms with Crippen molar-refractivity contribution in [1.82, 2.24) is 9.80 Å². The minimum Gasteiger partial charge on any atom is -0.493 e. The first-order valence-electron chi connectivity index (χ1n) is 9.56. The van der Waals surface area contributed by atoms with Crippen molar-refractivity contribution in [2.75, 3.05) is 39.9 Å². The summed E-state index contributed by atoms with van der Waals surface area (Å²) in [5.41, 5.74) is 2.46. The highest BCUT2D eigenvalue weighted by Crippen LogP contribution is 2.28. The van der Waals surface area contributed by atoms with Crippen LogP contribution in [0.5, 0.6) is 11.5 Å². The van der Waals surface area contributed by atoms with E-state index in [1.807, 2.05) is 25.1 Å². The summed E-state index contributed by atoms with van der Waals surface area (Å²) >= 11 is 0. The van der Waals surface area contributed by atoms with Gasteiger partial charge in [0.1, 0.15) is 0 Å². The molecule has 1 saturated heterocycles. The molecule has 0 aromatic heterocycles. The van der Waals surface area contributed by atoms with E-state index in [-0.39, 0.29) is 10.6 Å². The first kappa shape index (κ1) is 20.1. The Kier molecular flexibility index (Phi) is 6.84. The van der Waals surface area contributed by atoms with Gasteiger partial charge in [-0.25, -0.2) is 0 Å². The maximum Gasteiger partial charge on any atom is 0.269 e. The zero-order chi connectivity index (χ0) is 19.9. The van der Waals surface area contributed by atoms with Gasteiger partial charge in [0.2, 0.25) is 0 Å². The van der Waals surface area contributed by atoms with Crippen LogP contribution < -0.4 is 9.47 Å². The molecule has 0 radical (unpaired) electrons. The predicted octanol–water partition coefficient (Wildman–Crippen LogP) is 3.32. The van der Waals surface area contributed by atoms with Crippen LogP contribution in [0.3, 0.4) is 0 Å². The Balaban J connectivity index is 1.51. The zero-order valence-corrected chi connectivity index (χ0v) is 16.5. The van der Waals surface area contributed by atoms with Crippen molar-refractivity contribution in [2.45, 2.75) is 20.0 Å². The summed E-state index contributed by atoms with van der Waals surface area (Å²) in [6.45, 7) is 8.22. The second-order valence-corrected chi connectivity index (χ2v) is 6.89. The van der Waals surface area contributed by atoms with Gasteiger partial charge in [0.15, 0.2) is 11.5 Å². The fourth-order valence-corrected chi connectivity index (χ4v) is 3.43. The molecule has 0 spiro atoms. The molecule has 1 aliphatic rings. The molecule has 0 aliphatic carbocycles. The maximum atomic E-state index is 10.8. The van der Waals surface area contributed by atoms with E-state index in [1.54, 1.807) is 19.2 Å². The molecule has 1 aliphatic heterocycles. The minimum atomic E-state index is -0.362. The lowest BCUT2D eigenvalue weighted by Gasteiger charge is -2.34. The third kappa shape index (κ3) is 5.21. The number of hydrogen-bond donors (Lipinski definition) is 0. The summed E-state index contributed by atoms with van der Waals surface area (Å²) in [6.07, 6.45) is 0. The van der Waals surface area contributed by atoms with Crippen LogP contribution in [-0.4, -0.2) is 54.6 Å². The molecule has 0 bridgehead atoms. The van der Waals surface area contributed by atoms with Gasteiger partial charge in [0.05, 0.1) is 18.6 Å². The summed E-state index contributed by atoms with van der Waals surface area (Å²) in [5, 5.41) is 10.8. The molecular formula is C21H27N3O4. The number of nitro benzene ring substituents is 1. The van der Waals surface area contributed by atoms with Gasteiger partial charge in [-0.05, 0) is 30.2 Å². The topological polar surface area (TPSA) is 68.1 Å². The van der Waals surface area contributed by atoms with Gasteiger partial charge in [-0.15, -0.1) is 0 Å². The molecule has 2 aromatic rings. The molecule has 1 heterocycles. The first-order valence-corrected chi connectivity index (χ1v) is 9.56. The van der Waals surface area contributed by atoms with Crippen LogP contribution in [0.2, 0.25) is 0 Å². The summed E-state index contributed by atoms with van der Waals surface area (Å²) in [7, 11) is 1.65. The van der Waals surface area contributed by atoms with Gasteiger partial charge < -0.3 is 9.47 Å². The van der Waals surface area contributed by atoms with E-state index in [0.717, 1.165) is 56.3 Å². The summed E-state index contributed by atoms with van der Waals surface area (Å²) in [6, 6.07) is 13.0. The lowest BCUT2D eigenvalue weighted by Crippen LogP contribution is -2.45. The van der Waals surface area contributed by atoms with Crippen molar-refractivity contribution < 1.29 is 14.4 Å². The highest BCUT2D eigenvalue weighted by molar-refractivity contribution is 5.43. The third-order valence-corrected chi connectivity index (χ3v) is 4.95. The number of methoxy groups -OCH3 is 1. The van der Waals surface area contributed by atoms with Crippen LogP contribution in [0.25, 0.3) is 0 Å². The smallest absolute Gasteiger partial charge is 0.269 e. The van der Waals surface area contributed by atoms with E-state index in [1.165, 1.54) is 5.56 Å². The molecule has 0 unspecified atom stereocenters. The quantitative estimate of drug-likeness (QED) is 0.513. The number of nitro groups is 1. The number of benzene rings is 2. The molecule has 150 valence electrons. The fraction of sp³-hybridized carbons (Fsp3) is 0.429. The van der Waals surface area contributed by atoms with E-state index in [4.69, 9.17) is 9.47 Å². The van der Waals surface area contributed by atoms with E-state index in [0.29, 0.717) is 6.61 Å².